The SMILES string of the molecule is CC(CC(C)(C)OOC(C)(C)C)c1c(C(=O)O)ccc(C(=O)O)c1C(C)CC(C)(C)OOC(C)(C)C. The summed E-state index contributed by atoms with van der Waals surface area (Å²) in [5.41, 5.74) is -1.44. The molecule has 206 valence electrons. The normalized spacial score (nSPS) is 15.0. The Balaban J connectivity index is 3.53. The summed E-state index contributed by atoms with van der Waals surface area (Å²) < 4.78 is 0. The van der Waals surface area contributed by atoms with Gasteiger partial charge in [-0.25, -0.2) is 29.1 Å². The molecule has 0 aliphatic heterocycles. The minimum Gasteiger partial charge on any atom is -0.478 e. The lowest BCUT2D eigenvalue weighted by Gasteiger charge is -2.34. The average Bonchev–Trinajstić information content (AvgIpc) is 2.68. The van der Waals surface area contributed by atoms with Crippen LogP contribution >= 0.6 is 0 Å². The molecule has 0 spiro atoms. The van der Waals surface area contributed by atoms with E-state index in [9.17, 15) is 19.8 Å². The van der Waals surface area contributed by atoms with Crippen molar-refractivity contribution >= 4 is 11.9 Å². The molecule has 0 aromatic heterocycles. The van der Waals surface area contributed by atoms with E-state index >= 15 is 0 Å². The van der Waals surface area contributed by atoms with Gasteiger partial charge in [0.2, 0.25) is 0 Å². The third kappa shape index (κ3) is 10.2. The number of hydrogen-bond acceptors (Lipinski definition) is 6. The lowest BCUT2D eigenvalue weighted by atomic mass is 9.76. The van der Waals surface area contributed by atoms with Crippen LogP contribution in [0, 0.1) is 0 Å². The molecule has 0 heterocycles. The maximum atomic E-state index is 12.3. The second-order valence-electron chi connectivity index (χ2n) is 12.9. The maximum absolute atomic E-state index is 12.3. The molecule has 0 saturated heterocycles. The van der Waals surface area contributed by atoms with Gasteiger partial charge in [-0.3, -0.25) is 0 Å². The molecule has 1 aromatic rings. The molecule has 1 aromatic carbocycles. The standard InChI is InChI=1S/C28H46O8/c1-17(15-27(9,10)35-33-25(3,4)5)21-19(23(29)30)13-14-20(24(31)32)22(21)18(2)16-28(11,12)36-34-26(6,7)8/h13-14,17-18H,15-16H2,1-12H3,(H,29,30)(H,31,32). The van der Waals surface area contributed by atoms with E-state index in [-0.39, 0.29) is 23.0 Å². The molecule has 0 bridgehead atoms. The molecule has 0 amide bonds. The van der Waals surface area contributed by atoms with Gasteiger partial charge in [0.1, 0.15) is 0 Å². The molecule has 2 unspecified atom stereocenters. The van der Waals surface area contributed by atoms with Crippen molar-refractivity contribution in [1.82, 2.24) is 0 Å². The Morgan fingerprint density at radius 3 is 1.14 bits per heavy atom. The Bertz CT molecular complexity index is 844. The number of hydrogen-bond donors (Lipinski definition) is 2. The van der Waals surface area contributed by atoms with E-state index in [0.717, 1.165) is 0 Å². The number of aromatic carboxylic acids is 2. The summed E-state index contributed by atoms with van der Waals surface area (Å²) in [5, 5.41) is 20.0. The van der Waals surface area contributed by atoms with Crippen molar-refractivity contribution in [3.8, 4) is 0 Å². The summed E-state index contributed by atoms with van der Waals surface area (Å²) in [4.78, 5) is 47.0. The minimum atomic E-state index is -1.11. The van der Waals surface area contributed by atoms with E-state index in [1.165, 1.54) is 12.1 Å². The molecule has 0 aliphatic rings. The van der Waals surface area contributed by atoms with E-state index in [0.29, 0.717) is 24.0 Å². The highest BCUT2D eigenvalue weighted by Gasteiger charge is 2.35. The van der Waals surface area contributed by atoms with Gasteiger partial charge in [0.15, 0.2) is 0 Å². The van der Waals surface area contributed by atoms with Crippen molar-refractivity contribution in [2.45, 2.75) is 130 Å². The Morgan fingerprint density at radius 1 is 0.639 bits per heavy atom. The smallest absolute Gasteiger partial charge is 0.335 e. The number of carboxylic acids is 2. The van der Waals surface area contributed by atoms with Gasteiger partial charge >= 0.3 is 11.9 Å². The van der Waals surface area contributed by atoms with Gasteiger partial charge in [-0.1, -0.05) is 13.8 Å². The molecule has 2 N–H and O–H groups in total. The van der Waals surface area contributed by atoms with Crippen LogP contribution in [0.5, 0.6) is 0 Å². The molecule has 0 saturated carbocycles. The number of rotatable bonds is 12. The van der Waals surface area contributed by atoms with Crippen LogP contribution in [0.1, 0.15) is 140 Å². The van der Waals surface area contributed by atoms with Gasteiger partial charge in [0.25, 0.3) is 0 Å². The lowest BCUT2D eigenvalue weighted by Crippen LogP contribution is -2.33. The van der Waals surface area contributed by atoms with Crippen molar-refractivity contribution in [3.63, 3.8) is 0 Å². The zero-order valence-electron chi connectivity index (χ0n) is 24.1. The first-order valence-electron chi connectivity index (χ1n) is 12.4. The van der Waals surface area contributed by atoms with Crippen LogP contribution in [0.3, 0.4) is 0 Å². The average molecular weight is 511 g/mol. The predicted octanol–water partition coefficient (Wildman–Crippen LogP) is 7.12. The fourth-order valence-corrected chi connectivity index (χ4v) is 4.29. The van der Waals surface area contributed by atoms with Gasteiger partial charge in [0.05, 0.1) is 33.5 Å². The van der Waals surface area contributed by atoms with Crippen molar-refractivity contribution in [1.29, 1.82) is 0 Å². The van der Waals surface area contributed by atoms with Gasteiger partial charge in [-0.2, -0.15) is 0 Å². The summed E-state index contributed by atoms with van der Waals surface area (Å²) in [5.74, 6) is -2.92. The molecule has 36 heavy (non-hydrogen) atoms. The monoisotopic (exact) mass is 510 g/mol. The molecule has 0 fully saturated rings. The summed E-state index contributed by atoms with van der Waals surface area (Å²) in [6, 6.07) is 2.75. The Labute approximate surface area is 216 Å². The Hall–Kier alpha value is -2.00. The highest BCUT2D eigenvalue weighted by Crippen LogP contribution is 2.40. The predicted molar refractivity (Wildman–Crippen MR) is 138 cm³/mol. The second-order valence-corrected chi connectivity index (χ2v) is 12.9. The molecule has 1 rings (SSSR count). The van der Waals surface area contributed by atoms with E-state index in [1.807, 2.05) is 83.1 Å². The van der Waals surface area contributed by atoms with E-state index in [4.69, 9.17) is 19.6 Å². The summed E-state index contributed by atoms with van der Waals surface area (Å²) >= 11 is 0. The highest BCUT2D eigenvalue weighted by atomic mass is 17.2. The van der Waals surface area contributed by atoms with Crippen molar-refractivity contribution < 1.29 is 39.4 Å². The molecule has 0 aliphatic carbocycles. The van der Waals surface area contributed by atoms with Crippen LogP contribution in [0.15, 0.2) is 12.1 Å². The summed E-state index contributed by atoms with van der Waals surface area (Å²) in [6.45, 7) is 22.5. The van der Waals surface area contributed by atoms with Gasteiger partial charge in [-0.05, 0) is 117 Å². The van der Waals surface area contributed by atoms with Crippen LogP contribution in [0.25, 0.3) is 0 Å². The fourth-order valence-electron chi connectivity index (χ4n) is 4.29. The quantitative estimate of drug-likeness (QED) is 0.226. The molecular weight excluding hydrogens is 464 g/mol. The third-order valence-corrected chi connectivity index (χ3v) is 5.36. The van der Waals surface area contributed by atoms with Crippen molar-refractivity contribution in [2.75, 3.05) is 0 Å². The second kappa shape index (κ2) is 11.6. The van der Waals surface area contributed by atoms with Gasteiger partial charge < -0.3 is 10.2 Å². The van der Waals surface area contributed by atoms with E-state index in [1.54, 1.807) is 0 Å². The van der Waals surface area contributed by atoms with Crippen LogP contribution in [0.2, 0.25) is 0 Å². The first-order chi connectivity index (χ1) is 16.1. The topological polar surface area (TPSA) is 112 Å². The van der Waals surface area contributed by atoms with Gasteiger partial charge in [0, 0.05) is 0 Å². The minimum absolute atomic E-state index is 0.0755. The molecule has 8 heteroatoms. The molecule has 0 radical (unpaired) electrons. The van der Waals surface area contributed by atoms with Crippen molar-refractivity contribution in [3.05, 3.63) is 34.4 Å². The third-order valence-electron chi connectivity index (χ3n) is 5.36. The zero-order valence-corrected chi connectivity index (χ0v) is 24.1. The van der Waals surface area contributed by atoms with Crippen molar-refractivity contribution in [2.24, 2.45) is 0 Å². The zero-order chi connectivity index (χ0) is 28.3. The lowest BCUT2D eigenvalue weighted by molar-refractivity contribution is -0.398. The first kappa shape index (κ1) is 32.0. The van der Waals surface area contributed by atoms with E-state index in [2.05, 4.69) is 0 Å². The number of carbonyl (C=O) groups is 2. The number of benzene rings is 1. The van der Waals surface area contributed by atoms with Crippen LogP contribution in [-0.2, 0) is 19.6 Å². The first-order valence-corrected chi connectivity index (χ1v) is 12.4. The Kier molecular flexibility index (Phi) is 10.3. The number of carboxylic acid groups (broad SMARTS) is 2. The maximum Gasteiger partial charge on any atom is 0.335 e. The summed E-state index contributed by atoms with van der Waals surface area (Å²) in [6.07, 6.45) is 0.804. The largest absolute Gasteiger partial charge is 0.478 e. The van der Waals surface area contributed by atoms with Crippen LogP contribution in [0.4, 0.5) is 0 Å². The Morgan fingerprint density at radius 2 is 0.917 bits per heavy atom. The molecule has 8 nitrogen and oxygen atoms in total. The molecule has 2 atom stereocenters. The van der Waals surface area contributed by atoms with Crippen LogP contribution in [-0.4, -0.2) is 44.6 Å². The highest BCUT2D eigenvalue weighted by molar-refractivity contribution is 5.95. The molecular formula is C28H46O8. The summed E-state index contributed by atoms with van der Waals surface area (Å²) in [7, 11) is 0. The van der Waals surface area contributed by atoms with Gasteiger partial charge in [-0.15, -0.1) is 0 Å². The van der Waals surface area contributed by atoms with E-state index < -0.39 is 34.3 Å². The fraction of sp³-hybridized carbons (Fsp3) is 0.714. The van der Waals surface area contributed by atoms with Crippen LogP contribution < -0.4 is 0 Å².